The third kappa shape index (κ3) is 5.25. The molecule has 0 saturated heterocycles. The SMILES string of the molecule is CSCCCN(C(=O)C(C)CSC)c1cn(-c2cccnc2)nc1C. The predicted molar refractivity (Wildman–Crippen MR) is 109 cm³/mol. The fraction of sp³-hybridized carbons (Fsp3) is 0.500. The summed E-state index contributed by atoms with van der Waals surface area (Å²) in [5.74, 6) is 2.03. The van der Waals surface area contributed by atoms with Crippen molar-refractivity contribution in [3.05, 3.63) is 36.4 Å². The molecule has 2 aromatic heterocycles. The Labute approximate surface area is 158 Å². The number of nitrogens with zero attached hydrogens (tertiary/aromatic N) is 4. The molecule has 1 atom stereocenters. The maximum Gasteiger partial charge on any atom is 0.230 e. The van der Waals surface area contributed by atoms with E-state index in [2.05, 4.69) is 16.3 Å². The molecule has 0 fully saturated rings. The summed E-state index contributed by atoms with van der Waals surface area (Å²) in [6.07, 6.45) is 10.5. The second-order valence-electron chi connectivity index (χ2n) is 5.95. The highest BCUT2D eigenvalue weighted by molar-refractivity contribution is 7.98. The molecule has 5 nitrogen and oxygen atoms in total. The molecule has 136 valence electrons. The summed E-state index contributed by atoms with van der Waals surface area (Å²) >= 11 is 3.51. The van der Waals surface area contributed by atoms with Gasteiger partial charge < -0.3 is 4.90 Å². The maximum atomic E-state index is 13.0. The van der Waals surface area contributed by atoms with Crippen LogP contribution in [-0.4, -0.2) is 51.2 Å². The molecule has 0 aliphatic rings. The number of anilines is 1. The van der Waals surface area contributed by atoms with Crippen molar-refractivity contribution in [3.8, 4) is 5.69 Å². The van der Waals surface area contributed by atoms with Crippen molar-refractivity contribution in [3.63, 3.8) is 0 Å². The smallest absolute Gasteiger partial charge is 0.230 e. The van der Waals surface area contributed by atoms with E-state index in [1.165, 1.54) is 0 Å². The Kier molecular flexibility index (Phi) is 7.84. The lowest BCUT2D eigenvalue weighted by Gasteiger charge is -2.25. The van der Waals surface area contributed by atoms with Crippen molar-refractivity contribution >= 4 is 35.1 Å². The minimum atomic E-state index is -0.00887. The molecular formula is C18H26N4OS2. The molecule has 0 aliphatic heterocycles. The van der Waals surface area contributed by atoms with Crippen molar-refractivity contribution in [2.75, 3.05) is 35.5 Å². The molecule has 1 unspecified atom stereocenters. The second kappa shape index (κ2) is 9.87. The van der Waals surface area contributed by atoms with Gasteiger partial charge in [0.1, 0.15) is 0 Å². The van der Waals surface area contributed by atoms with Crippen LogP contribution in [0, 0.1) is 12.8 Å². The predicted octanol–water partition coefficient (Wildman–Crippen LogP) is 3.66. The van der Waals surface area contributed by atoms with Crippen LogP contribution in [0.25, 0.3) is 5.69 Å². The highest BCUT2D eigenvalue weighted by atomic mass is 32.2. The summed E-state index contributed by atoms with van der Waals surface area (Å²) in [5.41, 5.74) is 2.64. The van der Waals surface area contributed by atoms with Crippen LogP contribution in [0.4, 0.5) is 5.69 Å². The summed E-state index contributed by atoms with van der Waals surface area (Å²) in [4.78, 5) is 19.0. The van der Waals surface area contributed by atoms with E-state index in [1.807, 2.05) is 43.3 Å². The standard InChI is InChI=1S/C18H26N4OS2/c1-14(13-25-4)18(23)21(9-6-10-24-3)17-12-22(20-15(17)2)16-7-5-8-19-11-16/h5,7-8,11-12,14H,6,9-10,13H2,1-4H3. The molecule has 0 aliphatic carbocycles. The zero-order chi connectivity index (χ0) is 18.2. The third-order valence-electron chi connectivity index (χ3n) is 3.91. The number of hydrogen-bond acceptors (Lipinski definition) is 5. The molecule has 0 spiro atoms. The first-order chi connectivity index (χ1) is 12.1. The summed E-state index contributed by atoms with van der Waals surface area (Å²) in [6.45, 7) is 4.68. The molecule has 0 aromatic carbocycles. The molecule has 1 amide bonds. The average Bonchev–Trinajstić information content (AvgIpc) is 3.01. The Morgan fingerprint density at radius 2 is 2.16 bits per heavy atom. The largest absolute Gasteiger partial charge is 0.309 e. The lowest BCUT2D eigenvalue weighted by molar-refractivity contribution is -0.121. The van der Waals surface area contributed by atoms with Gasteiger partial charge in [-0.15, -0.1) is 0 Å². The number of carbonyl (C=O) groups is 1. The van der Waals surface area contributed by atoms with Gasteiger partial charge >= 0.3 is 0 Å². The van der Waals surface area contributed by atoms with Gasteiger partial charge in [0.2, 0.25) is 5.91 Å². The van der Waals surface area contributed by atoms with Gasteiger partial charge in [-0.2, -0.15) is 28.6 Å². The monoisotopic (exact) mass is 378 g/mol. The molecule has 0 bridgehead atoms. The summed E-state index contributed by atoms with van der Waals surface area (Å²) in [7, 11) is 0. The zero-order valence-electron chi connectivity index (χ0n) is 15.3. The van der Waals surface area contributed by atoms with E-state index in [4.69, 9.17) is 0 Å². The van der Waals surface area contributed by atoms with Crippen LogP contribution >= 0.6 is 23.5 Å². The lowest BCUT2D eigenvalue weighted by Crippen LogP contribution is -2.37. The van der Waals surface area contributed by atoms with Crippen molar-refractivity contribution < 1.29 is 4.79 Å². The Morgan fingerprint density at radius 1 is 1.36 bits per heavy atom. The average molecular weight is 379 g/mol. The molecule has 2 rings (SSSR count). The van der Waals surface area contributed by atoms with Gasteiger partial charge in [0.15, 0.2) is 0 Å². The van der Waals surface area contributed by atoms with Crippen LogP contribution in [-0.2, 0) is 4.79 Å². The summed E-state index contributed by atoms with van der Waals surface area (Å²) in [5, 5.41) is 4.59. The van der Waals surface area contributed by atoms with Gasteiger partial charge in [-0.05, 0) is 43.7 Å². The van der Waals surface area contributed by atoms with Crippen molar-refractivity contribution in [1.29, 1.82) is 0 Å². The molecule has 7 heteroatoms. The Balaban J connectivity index is 2.30. The highest BCUT2D eigenvalue weighted by Crippen LogP contribution is 2.24. The number of rotatable bonds is 9. The van der Waals surface area contributed by atoms with Crippen LogP contribution in [0.3, 0.4) is 0 Å². The van der Waals surface area contributed by atoms with Crippen LogP contribution < -0.4 is 4.90 Å². The number of carbonyl (C=O) groups excluding carboxylic acids is 1. The van der Waals surface area contributed by atoms with E-state index in [0.717, 1.165) is 41.5 Å². The zero-order valence-corrected chi connectivity index (χ0v) is 16.9. The van der Waals surface area contributed by atoms with E-state index >= 15 is 0 Å². The normalized spacial score (nSPS) is 12.2. The van der Waals surface area contributed by atoms with E-state index < -0.39 is 0 Å². The van der Waals surface area contributed by atoms with Gasteiger partial charge in [-0.1, -0.05) is 6.92 Å². The summed E-state index contributed by atoms with van der Waals surface area (Å²) in [6, 6.07) is 3.84. The molecule has 2 heterocycles. The van der Waals surface area contributed by atoms with Crippen LogP contribution in [0.1, 0.15) is 19.0 Å². The van der Waals surface area contributed by atoms with Gasteiger partial charge in [0.05, 0.1) is 29.5 Å². The van der Waals surface area contributed by atoms with Crippen LogP contribution in [0.2, 0.25) is 0 Å². The Hall–Kier alpha value is -1.47. The number of aromatic nitrogens is 3. The Morgan fingerprint density at radius 3 is 2.80 bits per heavy atom. The van der Waals surface area contributed by atoms with Gasteiger partial charge in [0.25, 0.3) is 0 Å². The first kappa shape index (κ1) is 19.8. The number of hydrogen-bond donors (Lipinski definition) is 0. The van der Waals surface area contributed by atoms with Gasteiger partial charge in [0, 0.05) is 24.4 Å². The maximum absolute atomic E-state index is 13.0. The topological polar surface area (TPSA) is 51.0 Å². The number of aryl methyl sites for hydroxylation is 1. The van der Waals surface area contributed by atoms with E-state index in [0.29, 0.717) is 0 Å². The molecular weight excluding hydrogens is 352 g/mol. The van der Waals surface area contributed by atoms with Gasteiger partial charge in [-0.3, -0.25) is 9.78 Å². The number of amides is 1. The fourth-order valence-corrected chi connectivity index (χ4v) is 3.70. The molecule has 0 radical (unpaired) electrons. The van der Waals surface area contributed by atoms with Gasteiger partial charge in [-0.25, -0.2) is 4.68 Å². The minimum Gasteiger partial charge on any atom is -0.309 e. The molecule has 0 N–H and O–H groups in total. The van der Waals surface area contributed by atoms with Crippen LogP contribution in [0.5, 0.6) is 0 Å². The molecule has 25 heavy (non-hydrogen) atoms. The second-order valence-corrected chi connectivity index (χ2v) is 7.84. The van der Waals surface area contributed by atoms with Crippen molar-refractivity contribution in [1.82, 2.24) is 14.8 Å². The quantitative estimate of drug-likeness (QED) is 0.623. The van der Waals surface area contributed by atoms with E-state index in [1.54, 1.807) is 40.6 Å². The fourth-order valence-electron chi connectivity index (χ4n) is 2.64. The number of thioether (sulfide) groups is 2. The summed E-state index contributed by atoms with van der Waals surface area (Å²) < 4.78 is 1.80. The lowest BCUT2D eigenvalue weighted by atomic mass is 10.1. The van der Waals surface area contributed by atoms with E-state index in [9.17, 15) is 4.79 Å². The van der Waals surface area contributed by atoms with Crippen molar-refractivity contribution in [2.45, 2.75) is 20.3 Å². The number of pyridine rings is 1. The first-order valence-electron chi connectivity index (χ1n) is 8.34. The highest BCUT2D eigenvalue weighted by Gasteiger charge is 2.24. The van der Waals surface area contributed by atoms with Crippen molar-refractivity contribution in [2.24, 2.45) is 5.92 Å². The van der Waals surface area contributed by atoms with E-state index in [-0.39, 0.29) is 11.8 Å². The Bertz CT molecular complexity index is 675. The first-order valence-corrected chi connectivity index (χ1v) is 11.1. The van der Waals surface area contributed by atoms with Crippen LogP contribution in [0.15, 0.2) is 30.7 Å². The minimum absolute atomic E-state index is 0.00887. The molecule has 2 aromatic rings. The third-order valence-corrected chi connectivity index (χ3v) is 5.44. The molecule has 0 saturated carbocycles.